The number of aromatic carboxylic acids is 2. The highest BCUT2D eigenvalue weighted by Gasteiger charge is 2.27. The molecule has 0 radical (unpaired) electrons. The van der Waals surface area contributed by atoms with Crippen molar-refractivity contribution in [3.8, 4) is 11.5 Å². The molecule has 0 aromatic heterocycles. The van der Waals surface area contributed by atoms with Gasteiger partial charge in [-0.25, -0.2) is 9.59 Å². The lowest BCUT2D eigenvalue weighted by molar-refractivity contribution is 0.0688. The van der Waals surface area contributed by atoms with Gasteiger partial charge in [-0.05, 0) is 24.3 Å². The number of rotatable bonds is 4. The molecule has 4 N–H and O–H groups in total. The van der Waals surface area contributed by atoms with Gasteiger partial charge in [-0.3, -0.25) is 4.79 Å². The number of para-hydroxylation sites is 1. The van der Waals surface area contributed by atoms with Crippen LogP contribution in [-0.4, -0.2) is 38.1 Å². The van der Waals surface area contributed by atoms with E-state index in [2.05, 4.69) is 0 Å². The van der Waals surface area contributed by atoms with Gasteiger partial charge in [0.25, 0.3) is 0 Å². The van der Waals surface area contributed by atoms with Crippen LogP contribution >= 0.6 is 0 Å². The van der Waals surface area contributed by atoms with Crippen LogP contribution in [0.4, 0.5) is 0 Å². The van der Waals surface area contributed by atoms with Crippen LogP contribution in [0, 0.1) is 0 Å². The molecule has 7 heteroatoms. The SMILES string of the molecule is O=C(O)c1cc(O)cc(C(=O)O)c1C(=O)c1ccccc1O. The molecule has 0 aliphatic heterocycles. The summed E-state index contributed by atoms with van der Waals surface area (Å²) in [7, 11) is 0. The van der Waals surface area contributed by atoms with E-state index in [1.54, 1.807) is 0 Å². The van der Waals surface area contributed by atoms with Crippen molar-refractivity contribution in [2.24, 2.45) is 0 Å². The molecule has 0 saturated carbocycles. The first kappa shape index (κ1) is 15.0. The average molecular weight is 302 g/mol. The minimum atomic E-state index is -1.57. The highest BCUT2D eigenvalue weighted by atomic mass is 16.4. The predicted octanol–water partition coefficient (Wildman–Crippen LogP) is 1.73. The van der Waals surface area contributed by atoms with Gasteiger partial charge in [0.05, 0.1) is 22.3 Å². The second-order valence-electron chi connectivity index (χ2n) is 4.37. The molecular formula is C15H10O7. The summed E-state index contributed by atoms with van der Waals surface area (Å²) in [5.74, 6) is -5.11. The molecule has 7 nitrogen and oxygen atoms in total. The van der Waals surface area contributed by atoms with Crippen molar-refractivity contribution in [3.05, 3.63) is 58.7 Å². The van der Waals surface area contributed by atoms with E-state index in [9.17, 15) is 24.6 Å². The lowest BCUT2D eigenvalue weighted by atomic mass is 9.92. The number of aromatic hydroxyl groups is 2. The molecule has 0 saturated heterocycles. The Balaban J connectivity index is 2.78. The molecule has 112 valence electrons. The number of phenols is 2. The molecule has 0 bridgehead atoms. The third kappa shape index (κ3) is 2.59. The van der Waals surface area contributed by atoms with E-state index in [-0.39, 0.29) is 5.56 Å². The highest BCUT2D eigenvalue weighted by Crippen LogP contribution is 2.27. The van der Waals surface area contributed by atoms with Gasteiger partial charge in [-0.15, -0.1) is 0 Å². The maximum Gasteiger partial charge on any atom is 0.336 e. The minimum Gasteiger partial charge on any atom is -0.508 e. The van der Waals surface area contributed by atoms with Gasteiger partial charge in [0, 0.05) is 0 Å². The van der Waals surface area contributed by atoms with Crippen molar-refractivity contribution in [1.82, 2.24) is 0 Å². The Morgan fingerprint density at radius 2 is 1.27 bits per heavy atom. The summed E-state index contributed by atoms with van der Waals surface area (Å²) >= 11 is 0. The van der Waals surface area contributed by atoms with Gasteiger partial charge in [-0.1, -0.05) is 12.1 Å². The third-order valence-electron chi connectivity index (χ3n) is 2.96. The standard InChI is InChI=1S/C15H10O7/c16-7-5-9(14(19)20)12(10(6-7)15(21)22)13(18)8-3-1-2-4-11(8)17/h1-6,16-17H,(H,19,20)(H,21,22). The summed E-state index contributed by atoms with van der Waals surface area (Å²) in [6.07, 6.45) is 0. The first-order valence-electron chi connectivity index (χ1n) is 5.99. The Labute approximate surface area is 123 Å². The Morgan fingerprint density at radius 1 is 0.773 bits per heavy atom. The first-order valence-corrected chi connectivity index (χ1v) is 5.99. The first-order chi connectivity index (χ1) is 10.3. The molecular weight excluding hydrogens is 292 g/mol. The molecule has 2 aromatic rings. The van der Waals surface area contributed by atoms with E-state index in [1.807, 2.05) is 0 Å². The fraction of sp³-hybridized carbons (Fsp3) is 0. The largest absolute Gasteiger partial charge is 0.508 e. The fourth-order valence-electron chi connectivity index (χ4n) is 2.01. The number of benzene rings is 2. The van der Waals surface area contributed by atoms with Gasteiger partial charge >= 0.3 is 11.9 Å². The zero-order valence-electron chi connectivity index (χ0n) is 11.0. The summed E-state index contributed by atoms with van der Waals surface area (Å²) < 4.78 is 0. The molecule has 2 aromatic carbocycles. The van der Waals surface area contributed by atoms with Crippen LogP contribution in [0.25, 0.3) is 0 Å². The van der Waals surface area contributed by atoms with E-state index in [4.69, 9.17) is 10.2 Å². The Morgan fingerprint density at radius 3 is 1.73 bits per heavy atom. The lowest BCUT2D eigenvalue weighted by Gasteiger charge is -2.11. The molecule has 2 rings (SSSR count). The lowest BCUT2D eigenvalue weighted by Crippen LogP contribution is -2.16. The molecule has 0 aliphatic carbocycles. The van der Waals surface area contributed by atoms with E-state index in [0.717, 1.165) is 12.1 Å². The Hall–Kier alpha value is -3.35. The number of carbonyl (C=O) groups excluding carboxylic acids is 1. The van der Waals surface area contributed by atoms with Crippen molar-refractivity contribution in [1.29, 1.82) is 0 Å². The van der Waals surface area contributed by atoms with E-state index >= 15 is 0 Å². The molecule has 0 aliphatic rings. The molecule has 0 heterocycles. The van der Waals surface area contributed by atoms with Crippen molar-refractivity contribution >= 4 is 17.7 Å². The fourth-order valence-corrected chi connectivity index (χ4v) is 2.01. The van der Waals surface area contributed by atoms with E-state index < -0.39 is 45.9 Å². The van der Waals surface area contributed by atoms with Gasteiger partial charge in [0.15, 0.2) is 5.78 Å². The molecule has 22 heavy (non-hydrogen) atoms. The zero-order valence-corrected chi connectivity index (χ0v) is 11.0. The quantitative estimate of drug-likeness (QED) is 0.632. The number of carboxylic acids is 2. The zero-order chi connectivity index (χ0) is 16.4. The minimum absolute atomic E-state index is 0.238. The molecule has 0 fully saturated rings. The van der Waals surface area contributed by atoms with Crippen molar-refractivity contribution in [2.45, 2.75) is 0 Å². The summed E-state index contributed by atoms with van der Waals surface area (Å²) in [5, 5.41) is 37.4. The third-order valence-corrected chi connectivity index (χ3v) is 2.96. The van der Waals surface area contributed by atoms with Crippen molar-refractivity contribution in [3.63, 3.8) is 0 Å². The summed E-state index contributed by atoms with van der Waals surface area (Å²) in [4.78, 5) is 35.0. The average Bonchev–Trinajstić information content (AvgIpc) is 2.46. The summed E-state index contributed by atoms with van der Waals surface area (Å²) in [5.41, 5.74) is -2.17. The number of carbonyl (C=O) groups is 3. The molecule has 0 atom stereocenters. The van der Waals surface area contributed by atoms with Gasteiger partial charge in [0.2, 0.25) is 0 Å². The van der Waals surface area contributed by atoms with Crippen LogP contribution in [0.2, 0.25) is 0 Å². The Kier molecular flexibility index (Phi) is 3.81. The molecule has 0 amide bonds. The van der Waals surface area contributed by atoms with Crippen molar-refractivity contribution < 1.29 is 34.8 Å². The number of hydrogen-bond acceptors (Lipinski definition) is 5. The summed E-state index contributed by atoms with van der Waals surface area (Å²) in [6.45, 7) is 0. The van der Waals surface area contributed by atoms with E-state index in [0.29, 0.717) is 0 Å². The van der Waals surface area contributed by atoms with Gasteiger partial charge < -0.3 is 20.4 Å². The van der Waals surface area contributed by atoms with Crippen LogP contribution in [0.1, 0.15) is 36.6 Å². The van der Waals surface area contributed by atoms with Crippen LogP contribution in [0.3, 0.4) is 0 Å². The van der Waals surface area contributed by atoms with E-state index in [1.165, 1.54) is 24.3 Å². The molecule has 0 unspecified atom stereocenters. The van der Waals surface area contributed by atoms with Crippen LogP contribution in [0.15, 0.2) is 36.4 Å². The smallest absolute Gasteiger partial charge is 0.336 e. The normalized spacial score (nSPS) is 10.2. The number of phenolic OH excluding ortho intramolecular Hbond substituents is 2. The topological polar surface area (TPSA) is 132 Å². The molecule has 0 spiro atoms. The van der Waals surface area contributed by atoms with Crippen LogP contribution < -0.4 is 0 Å². The maximum absolute atomic E-state index is 12.5. The Bertz CT molecular complexity index is 757. The number of ketones is 1. The maximum atomic E-state index is 12.5. The van der Waals surface area contributed by atoms with Crippen LogP contribution in [0.5, 0.6) is 11.5 Å². The second kappa shape index (κ2) is 5.57. The predicted molar refractivity (Wildman–Crippen MR) is 73.6 cm³/mol. The van der Waals surface area contributed by atoms with Gasteiger partial charge in [-0.2, -0.15) is 0 Å². The monoisotopic (exact) mass is 302 g/mol. The number of hydrogen-bond donors (Lipinski definition) is 4. The number of carboxylic acid groups (broad SMARTS) is 2. The van der Waals surface area contributed by atoms with Crippen LogP contribution in [-0.2, 0) is 0 Å². The van der Waals surface area contributed by atoms with Crippen molar-refractivity contribution in [2.75, 3.05) is 0 Å². The second-order valence-corrected chi connectivity index (χ2v) is 4.37. The van der Waals surface area contributed by atoms with Gasteiger partial charge in [0.1, 0.15) is 11.5 Å². The summed E-state index contributed by atoms with van der Waals surface area (Å²) in [6, 6.07) is 6.91. The highest BCUT2D eigenvalue weighted by molar-refractivity contribution is 6.20.